The average Bonchev–Trinajstić information content (AvgIpc) is 2.69. The van der Waals surface area contributed by atoms with Gasteiger partial charge in [0.25, 0.3) is 0 Å². The van der Waals surface area contributed by atoms with Crippen LogP contribution >= 0.6 is 11.3 Å². The molecule has 0 amide bonds. The zero-order valence-electron chi connectivity index (χ0n) is 12.7. The van der Waals surface area contributed by atoms with Gasteiger partial charge in [0.1, 0.15) is 0 Å². The molecule has 0 saturated heterocycles. The van der Waals surface area contributed by atoms with Crippen molar-refractivity contribution in [2.24, 2.45) is 11.3 Å². The van der Waals surface area contributed by atoms with E-state index >= 15 is 0 Å². The van der Waals surface area contributed by atoms with Crippen molar-refractivity contribution in [2.75, 3.05) is 6.54 Å². The fraction of sp³-hybridized carbons (Fsp3) is 0.800. The van der Waals surface area contributed by atoms with Gasteiger partial charge in [0, 0.05) is 17.5 Å². The third-order valence-corrected chi connectivity index (χ3v) is 5.07. The zero-order chi connectivity index (χ0) is 13.8. The molecule has 2 nitrogen and oxygen atoms in total. The van der Waals surface area contributed by atoms with E-state index < -0.39 is 0 Å². The highest BCUT2D eigenvalue weighted by atomic mass is 32.1. The molecule has 0 spiro atoms. The third-order valence-electron chi connectivity index (χ3n) is 4.08. The number of thiazole rings is 1. The fourth-order valence-corrected chi connectivity index (χ4v) is 2.76. The second-order valence-electron chi connectivity index (χ2n) is 6.21. The van der Waals surface area contributed by atoms with Gasteiger partial charge in [-0.05, 0) is 31.1 Å². The Bertz CT molecular complexity index is 357. The summed E-state index contributed by atoms with van der Waals surface area (Å²) in [7, 11) is 0. The van der Waals surface area contributed by atoms with Crippen LogP contribution in [0.1, 0.15) is 51.6 Å². The monoisotopic (exact) mass is 268 g/mol. The number of hydrogen-bond acceptors (Lipinski definition) is 3. The summed E-state index contributed by atoms with van der Waals surface area (Å²) >= 11 is 1.79. The predicted molar refractivity (Wildman–Crippen MR) is 81.3 cm³/mol. The lowest BCUT2D eigenvalue weighted by atomic mass is 9.75. The Hall–Kier alpha value is -0.410. The summed E-state index contributed by atoms with van der Waals surface area (Å²) in [5.74, 6) is 0.692. The van der Waals surface area contributed by atoms with E-state index in [-0.39, 0.29) is 0 Å². The van der Waals surface area contributed by atoms with Crippen LogP contribution in [0.4, 0.5) is 0 Å². The number of rotatable bonds is 7. The first-order chi connectivity index (χ1) is 8.35. The molecule has 0 aliphatic carbocycles. The van der Waals surface area contributed by atoms with Gasteiger partial charge in [0.2, 0.25) is 0 Å². The highest BCUT2D eigenvalue weighted by Gasteiger charge is 2.28. The Balaban J connectivity index is 2.59. The number of nitrogens with one attached hydrogen (secondary N) is 1. The molecule has 1 N–H and O–H groups in total. The van der Waals surface area contributed by atoms with E-state index in [1.165, 1.54) is 17.0 Å². The quantitative estimate of drug-likeness (QED) is 0.807. The van der Waals surface area contributed by atoms with Crippen molar-refractivity contribution in [1.29, 1.82) is 0 Å². The second kappa shape index (κ2) is 6.67. The Kier molecular flexibility index (Phi) is 5.80. The van der Waals surface area contributed by atoms with Gasteiger partial charge >= 0.3 is 0 Å². The molecular formula is C15H28N2S. The molecule has 1 aromatic heterocycles. The summed E-state index contributed by atoms with van der Waals surface area (Å²) in [6.07, 6.45) is 2.39. The van der Waals surface area contributed by atoms with Gasteiger partial charge in [0.15, 0.2) is 0 Å². The molecule has 0 aliphatic rings. The van der Waals surface area contributed by atoms with Gasteiger partial charge in [-0.2, -0.15) is 0 Å². The molecule has 104 valence electrons. The van der Waals surface area contributed by atoms with Gasteiger partial charge in [-0.25, -0.2) is 4.98 Å². The fourth-order valence-electron chi connectivity index (χ4n) is 1.98. The molecule has 1 aromatic rings. The molecule has 0 aliphatic heterocycles. The normalized spacial score (nSPS) is 15.3. The number of hydrogen-bond donors (Lipinski definition) is 1. The molecular weight excluding hydrogens is 240 g/mol. The van der Waals surface area contributed by atoms with Crippen LogP contribution in [-0.2, 0) is 6.42 Å². The minimum atomic E-state index is 0.362. The summed E-state index contributed by atoms with van der Waals surface area (Å²) < 4.78 is 0. The second-order valence-corrected chi connectivity index (χ2v) is 7.14. The van der Waals surface area contributed by atoms with Crippen LogP contribution in [0.15, 0.2) is 5.51 Å². The average molecular weight is 268 g/mol. The van der Waals surface area contributed by atoms with Crippen molar-refractivity contribution in [3.05, 3.63) is 16.1 Å². The zero-order valence-corrected chi connectivity index (χ0v) is 13.5. The lowest BCUT2D eigenvalue weighted by Crippen LogP contribution is -2.39. The van der Waals surface area contributed by atoms with Crippen LogP contribution in [0.3, 0.4) is 0 Å². The molecule has 0 bridgehead atoms. The lowest BCUT2D eigenvalue weighted by molar-refractivity contribution is 0.187. The summed E-state index contributed by atoms with van der Waals surface area (Å²) in [4.78, 5) is 5.79. The minimum absolute atomic E-state index is 0.362. The lowest BCUT2D eigenvalue weighted by Gasteiger charge is -2.35. The van der Waals surface area contributed by atoms with Crippen molar-refractivity contribution in [2.45, 2.75) is 60.4 Å². The van der Waals surface area contributed by atoms with Gasteiger partial charge in [-0.15, -0.1) is 11.3 Å². The number of aromatic nitrogens is 1. The van der Waals surface area contributed by atoms with Crippen molar-refractivity contribution in [1.82, 2.24) is 10.3 Å². The first-order valence-corrected chi connectivity index (χ1v) is 7.85. The molecule has 0 saturated carbocycles. The van der Waals surface area contributed by atoms with E-state index in [2.05, 4.69) is 51.8 Å². The summed E-state index contributed by atoms with van der Waals surface area (Å²) in [5.41, 5.74) is 3.53. The molecule has 0 fully saturated rings. The molecule has 18 heavy (non-hydrogen) atoms. The maximum Gasteiger partial charge on any atom is 0.0797 e. The molecule has 1 unspecified atom stereocenters. The highest BCUT2D eigenvalue weighted by Crippen LogP contribution is 2.33. The van der Waals surface area contributed by atoms with Gasteiger partial charge in [-0.1, -0.05) is 34.6 Å². The van der Waals surface area contributed by atoms with E-state index in [1.807, 2.05) is 5.51 Å². The smallest absolute Gasteiger partial charge is 0.0797 e. The van der Waals surface area contributed by atoms with Gasteiger partial charge < -0.3 is 5.32 Å². The van der Waals surface area contributed by atoms with Crippen molar-refractivity contribution in [3.8, 4) is 0 Å². The van der Waals surface area contributed by atoms with Crippen molar-refractivity contribution >= 4 is 11.3 Å². The largest absolute Gasteiger partial charge is 0.314 e. The van der Waals surface area contributed by atoms with Gasteiger partial charge in [-0.3, -0.25) is 0 Å². The predicted octanol–water partition coefficient (Wildman–Crippen LogP) is 4.04. The minimum Gasteiger partial charge on any atom is -0.314 e. The first kappa shape index (κ1) is 15.6. The Morgan fingerprint density at radius 2 is 2.00 bits per heavy atom. The molecule has 1 atom stereocenters. The standard InChI is InChI=1S/C15H28N2S/c1-11(2)15(6,9-16-12(3)4)8-7-14-13(5)17-10-18-14/h10-12,16H,7-9H2,1-6H3. The molecule has 1 heterocycles. The van der Waals surface area contributed by atoms with E-state index in [4.69, 9.17) is 0 Å². The maximum atomic E-state index is 4.34. The molecule has 3 heteroatoms. The van der Waals surface area contributed by atoms with Gasteiger partial charge in [0.05, 0.1) is 11.2 Å². The summed E-state index contributed by atoms with van der Waals surface area (Å²) in [6.45, 7) is 14.7. The van der Waals surface area contributed by atoms with E-state index in [1.54, 1.807) is 11.3 Å². The topological polar surface area (TPSA) is 24.9 Å². The Labute approximate surface area is 116 Å². The number of aryl methyl sites for hydroxylation is 2. The van der Waals surface area contributed by atoms with E-state index in [9.17, 15) is 0 Å². The van der Waals surface area contributed by atoms with Crippen LogP contribution in [0.2, 0.25) is 0 Å². The van der Waals surface area contributed by atoms with Crippen LogP contribution in [-0.4, -0.2) is 17.6 Å². The Morgan fingerprint density at radius 1 is 1.33 bits per heavy atom. The van der Waals surface area contributed by atoms with Crippen LogP contribution in [0, 0.1) is 18.3 Å². The van der Waals surface area contributed by atoms with E-state index in [0.717, 1.165) is 13.0 Å². The first-order valence-electron chi connectivity index (χ1n) is 6.97. The molecule has 0 radical (unpaired) electrons. The van der Waals surface area contributed by atoms with Crippen molar-refractivity contribution in [3.63, 3.8) is 0 Å². The Morgan fingerprint density at radius 3 is 2.44 bits per heavy atom. The van der Waals surface area contributed by atoms with Crippen LogP contribution in [0.25, 0.3) is 0 Å². The van der Waals surface area contributed by atoms with E-state index in [0.29, 0.717) is 17.4 Å². The SMILES string of the molecule is Cc1ncsc1CCC(C)(CNC(C)C)C(C)C. The summed E-state index contributed by atoms with van der Waals surface area (Å²) in [5, 5.41) is 3.60. The highest BCUT2D eigenvalue weighted by molar-refractivity contribution is 7.09. The number of nitrogens with zero attached hydrogens (tertiary/aromatic N) is 1. The summed E-state index contributed by atoms with van der Waals surface area (Å²) in [6, 6.07) is 0.563. The molecule has 1 rings (SSSR count). The third kappa shape index (κ3) is 4.36. The van der Waals surface area contributed by atoms with Crippen LogP contribution in [0.5, 0.6) is 0 Å². The van der Waals surface area contributed by atoms with Crippen LogP contribution < -0.4 is 5.32 Å². The maximum absolute atomic E-state index is 4.34. The molecule has 0 aromatic carbocycles. The van der Waals surface area contributed by atoms with Crippen molar-refractivity contribution < 1.29 is 0 Å².